The Balaban J connectivity index is 3.37. The van der Waals surface area contributed by atoms with Gasteiger partial charge in [0.25, 0.3) is 0 Å². The molecule has 0 radical (unpaired) electrons. The van der Waals surface area contributed by atoms with E-state index in [-0.39, 0.29) is 6.67 Å². The highest BCUT2D eigenvalue weighted by atomic mass is 15.1. The van der Waals surface area contributed by atoms with Gasteiger partial charge >= 0.3 is 0 Å². The van der Waals surface area contributed by atoms with E-state index in [2.05, 4.69) is 16.8 Å². The van der Waals surface area contributed by atoms with E-state index in [9.17, 15) is 0 Å². The molecule has 0 spiro atoms. The van der Waals surface area contributed by atoms with Crippen molar-refractivity contribution in [3.05, 3.63) is 12.3 Å². The van der Waals surface area contributed by atoms with Crippen LogP contribution in [0.25, 0.3) is 0 Å². The quantitative estimate of drug-likeness (QED) is 0.550. The molecule has 0 heterocycles. The molecule has 46 valence electrons. The Morgan fingerprint density at radius 1 is 1.75 bits per heavy atom. The van der Waals surface area contributed by atoms with Crippen molar-refractivity contribution in [3.8, 4) is 0 Å². The lowest BCUT2D eigenvalue weighted by atomic mass is 10.4. The molecule has 0 saturated heterocycles. The number of nitrogens with zero attached hydrogens (tertiary/aromatic N) is 2. The van der Waals surface area contributed by atoms with Crippen LogP contribution in [0.3, 0.4) is 0 Å². The Hall–Kier alpha value is -0.700. The molecule has 0 aliphatic carbocycles. The van der Waals surface area contributed by atoms with Crippen molar-refractivity contribution in [1.29, 1.82) is 0 Å². The highest BCUT2D eigenvalue weighted by Crippen LogP contribution is 1.96. The Bertz CT molecular complexity index is 95.8. The molecule has 0 rings (SSSR count). The van der Waals surface area contributed by atoms with E-state index >= 15 is 0 Å². The van der Waals surface area contributed by atoms with E-state index in [1.54, 1.807) is 0 Å². The van der Waals surface area contributed by atoms with Crippen LogP contribution in [0.1, 0.15) is 13.3 Å². The van der Waals surface area contributed by atoms with Gasteiger partial charge in [0.15, 0.2) is 0 Å². The van der Waals surface area contributed by atoms with Gasteiger partial charge in [-0.3, -0.25) is 0 Å². The molecule has 3 heteroatoms. The Kier molecular flexibility index (Phi) is 4.07. The van der Waals surface area contributed by atoms with E-state index in [4.69, 9.17) is 5.73 Å². The number of allylic oxidation sites excluding steroid dienone is 1. The maximum atomic E-state index is 5.03. The standard InChI is InChI=1S/C5H11N3/c1-3-5(2)8-7-4-6/h2-4,6H2,1H3. The summed E-state index contributed by atoms with van der Waals surface area (Å²) in [6, 6.07) is 0. The minimum atomic E-state index is 0.249. The lowest BCUT2D eigenvalue weighted by molar-refractivity contribution is 0.906. The molecule has 0 bridgehead atoms. The lowest BCUT2D eigenvalue weighted by Gasteiger charge is -1.86. The van der Waals surface area contributed by atoms with Crippen molar-refractivity contribution >= 4 is 0 Å². The van der Waals surface area contributed by atoms with Crippen molar-refractivity contribution in [3.63, 3.8) is 0 Å². The van der Waals surface area contributed by atoms with Crippen molar-refractivity contribution < 1.29 is 0 Å². The highest BCUT2D eigenvalue weighted by Gasteiger charge is 1.79. The van der Waals surface area contributed by atoms with Crippen LogP contribution in [0.15, 0.2) is 22.5 Å². The van der Waals surface area contributed by atoms with Crippen LogP contribution in [0, 0.1) is 0 Å². The molecule has 2 N–H and O–H groups in total. The molecule has 0 aromatic rings. The van der Waals surface area contributed by atoms with E-state index in [0.29, 0.717) is 0 Å². The summed E-state index contributed by atoms with van der Waals surface area (Å²) in [4.78, 5) is 0. The molecule has 0 aromatic carbocycles. The van der Waals surface area contributed by atoms with Crippen LogP contribution in [0.4, 0.5) is 0 Å². The average Bonchev–Trinajstić information content (AvgIpc) is 1.83. The first-order valence-corrected chi connectivity index (χ1v) is 2.56. The fourth-order valence-electron chi connectivity index (χ4n) is 0.212. The molecule has 0 aromatic heterocycles. The van der Waals surface area contributed by atoms with Gasteiger partial charge in [0.2, 0.25) is 0 Å². The van der Waals surface area contributed by atoms with Gasteiger partial charge in [-0.25, -0.2) is 0 Å². The first-order valence-electron chi connectivity index (χ1n) is 2.56. The number of rotatable bonds is 3. The number of azo groups is 1. The average molecular weight is 113 g/mol. The zero-order chi connectivity index (χ0) is 6.41. The van der Waals surface area contributed by atoms with Crippen LogP contribution in [-0.2, 0) is 0 Å². The van der Waals surface area contributed by atoms with Crippen molar-refractivity contribution in [1.82, 2.24) is 0 Å². The zero-order valence-corrected chi connectivity index (χ0v) is 5.09. The lowest BCUT2D eigenvalue weighted by Crippen LogP contribution is -1.91. The SMILES string of the molecule is C=C(CC)N=NCN. The molecule has 3 nitrogen and oxygen atoms in total. The topological polar surface area (TPSA) is 50.7 Å². The summed E-state index contributed by atoms with van der Waals surface area (Å²) in [5.41, 5.74) is 5.80. The van der Waals surface area contributed by atoms with Gasteiger partial charge < -0.3 is 5.73 Å². The zero-order valence-electron chi connectivity index (χ0n) is 5.09. The molecule has 0 saturated carbocycles. The second kappa shape index (κ2) is 4.46. The van der Waals surface area contributed by atoms with E-state index < -0.39 is 0 Å². The van der Waals surface area contributed by atoms with Crippen molar-refractivity contribution in [2.75, 3.05) is 6.67 Å². The van der Waals surface area contributed by atoms with Gasteiger partial charge in [0, 0.05) is 0 Å². The predicted octanol–water partition coefficient (Wildman–Crippen LogP) is 1.28. The normalized spacial score (nSPS) is 10.2. The van der Waals surface area contributed by atoms with Crippen LogP contribution in [-0.4, -0.2) is 6.67 Å². The molecule has 0 unspecified atom stereocenters. The second-order valence-corrected chi connectivity index (χ2v) is 1.34. The molecule has 0 atom stereocenters. The Labute approximate surface area is 49.3 Å². The molecular weight excluding hydrogens is 102 g/mol. The maximum Gasteiger partial charge on any atom is 0.108 e. The summed E-state index contributed by atoms with van der Waals surface area (Å²) in [7, 11) is 0. The van der Waals surface area contributed by atoms with Crippen LogP contribution >= 0.6 is 0 Å². The summed E-state index contributed by atoms with van der Waals surface area (Å²) in [6.07, 6.45) is 0.837. The molecule has 8 heavy (non-hydrogen) atoms. The Morgan fingerprint density at radius 2 is 2.38 bits per heavy atom. The monoisotopic (exact) mass is 113 g/mol. The minimum Gasteiger partial charge on any atom is -0.311 e. The fraction of sp³-hybridized carbons (Fsp3) is 0.600. The summed E-state index contributed by atoms with van der Waals surface area (Å²) in [5, 5.41) is 7.21. The van der Waals surface area contributed by atoms with Crippen molar-refractivity contribution in [2.24, 2.45) is 16.0 Å². The first-order chi connectivity index (χ1) is 3.81. The van der Waals surface area contributed by atoms with Crippen molar-refractivity contribution in [2.45, 2.75) is 13.3 Å². The van der Waals surface area contributed by atoms with Gasteiger partial charge in [-0.05, 0) is 6.42 Å². The van der Waals surface area contributed by atoms with E-state index in [0.717, 1.165) is 12.1 Å². The van der Waals surface area contributed by atoms with Crippen LogP contribution in [0.5, 0.6) is 0 Å². The predicted molar refractivity (Wildman–Crippen MR) is 33.3 cm³/mol. The van der Waals surface area contributed by atoms with Crippen LogP contribution in [0.2, 0.25) is 0 Å². The number of hydrogen-bond acceptors (Lipinski definition) is 3. The molecule has 0 aliphatic rings. The van der Waals surface area contributed by atoms with E-state index in [1.807, 2.05) is 6.92 Å². The fourth-order valence-corrected chi connectivity index (χ4v) is 0.212. The highest BCUT2D eigenvalue weighted by molar-refractivity contribution is 4.86. The summed E-state index contributed by atoms with van der Waals surface area (Å²) in [5.74, 6) is 0. The summed E-state index contributed by atoms with van der Waals surface area (Å²) < 4.78 is 0. The minimum absolute atomic E-state index is 0.249. The number of nitrogens with two attached hydrogens (primary N) is 1. The molecule has 0 fully saturated rings. The first kappa shape index (κ1) is 7.30. The molecule has 0 amide bonds. The van der Waals surface area contributed by atoms with Gasteiger partial charge in [0.05, 0.1) is 5.70 Å². The molecule has 0 aliphatic heterocycles. The number of hydrogen-bond donors (Lipinski definition) is 1. The smallest absolute Gasteiger partial charge is 0.108 e. The van der Waals surface area contributed by atoms with E-state index in [1.165, 1.54) is 0 Å². The third-order valence-electron chi connectivity index (χ3n) is 0.702. The van der Waals surface area contributed by atoms with Gasteiger partial charge in [-0.1, -0.05) is 13.5 Å². The maximum absolute atomic E-state index is 5.03. The second-order valence-electron chi connectivity index (χ2n) is 1.34. The molecular formula is C5H11N3. The Morgan fingerprint density at radius 3 is 2.75 bits per heavy atom. The van der Waals surface area contributed by atoms with Crippen LogP contribution < -0.4 is 5.73 Å². The summed E-state index contributed by atoms with van der Waals surface area (Å²) >= 11 is 0. The third kappa shape index (κ3) is 3.49. The third-order valence-corrected chi connectivity index (χ3v) is 0.702. The van der Waals surface area contributed by atoms with Gasteiger partial charge in [0.1, 0.15) is 6.67 Å². The van der Waals surface area contributed by atoms with Gasteiger partial charge in [-0.15, -0.1) is 0 Å². The van der Waals surface area contributed by atoms with Gasteiger partial charge in [-0.2, -0.15) is 10.2 Å². The summed E-state index contributed by atoms with van der Waals surface area (Å²) in [6.45, 7) is 5.81. The largest absolute Gasteiger partial charge is 0.311 e.